The van der Waals surface area contributed by atoms with Gasteiger partial charge in [0, 0.05) is 32.2 Å². The Balaban J connectivity index is 2.45. The highest BCUT2D eigenvalue weighted by atomic mass is 19.1. The number of phenolic OH excluding ortho intramolecular Hbond substituents is 1. The van der Waals surface area contributed by atoms with E-state index >= 15 is 0 Å². The van der Waals surface area contributed by atoms with Gasteiger partial charge in [0.1, 0.15) is 17.2 Å². The second-order valence-corrected chi connectivity index (χ2v) is 6.46. The quantitative estimate of drug-likeness (QED) is 0.755. The Morgan fingerprint density at radius 3 is 2.57 bits per heavy atom. The maximum atomic E-state index is 13.2. The molecule has 1 rings (SSSR count). The number of carbonyl (C=O) groups excluding carboxylic acids is 1. The van der Waals surface area contributed by atoms with Crippen LogP contribution in [0.1, 0.15) is 39.7 Å². The molecule has 0 unspecified atom stereocenters. The third kappa shape index (κ3) is 7.83. The lowest BCUT2D eigenvalue weighted by Gasteiger charge is -2.27. The van der Waals surface area contributed by atoms with Crippen LogP contribution in [0.25, 0.3) is 0 Å². The van der Waals surface area contributed by atoms with Crippen LogP contribution >= 0.6 is 0 Å². The summed E-state index contributed by atoms with van der Waals surface area (Å²) in [5.74, 6) is -0.564. The smallest absolute Gasteiger partial charge is 0.410 e. The van der Waals surface area contributed by atoms with Crippen molar-refractivity contribution in [1.82, 2.24) is 10.2 Å². The molecule has 0 aromatic heterocycles. The van der Waals surface area contributed by atoms with Gasteiger partial charge in [0.2, 0.25) is 0 Å². The molecule has 0 heterocycles. The van der Waals surface area contributed by atoms with Crippen LogP contribution in [0.5, 0.6) is 5.75 Å². The van der Waals surface area contributed by atoms with Gasteiger partial charge in [-0.1, -0.05) is 6.92 Å². The van der Waals surface area contributed by atoms with E-state index in [2.05, 4.69) is 5.32 Å². The molecule has 0 atom stereocenters. The maximum Gasteiger partial charge on any atom is 0.410 e. The number of hydrogen-bond acceptors (Lipinski definition) is 4. The lowest BCUT2D eigenvalue weighted by molar-refractivity contribution is 0.0252. The summed E-state index contributed by atoms with van der Waals surface area (Å²) in [4.78, 5) is 13.7. The molecule has 0 aliphatic heterocycles. The van der Waals surface area contributed by atoms with Gasteiger partial charge in [0.25, 0.3) is 0 Å². The van der Waals surface area contributed by atoms with Crippen LogP contribution < -0.4 is 5.32 Å². The van der Waals surface area contributed by atoms with Crippen molar-refractivity contribution in [2.45, 2.75) is 46.3 Å². The molecule has 130 valence electrons. The zero-order valence-electron chi connectivity index (χ0n) is 14.4. The van der Waals surface area contributed by atoms with E-state index in [1.165, 1.54) is 12.1 Å². The van der Waals surface area contributed by atoms with E-state index in [9.17, 15) is 14.3 Å². The van der Waals surface area contributed by atoms with Crippen molar-refractivity contribution in [3.63, 3.8) is 0 Å². The molecular weight excluding hydrogens is 299 g/mol. The topological polar surface area (TPSA) is 61.8 Å². The standard InChI is InChI=1S/C17H27FN2O3/c1-5-7-20(16(22)23-17(2,3)4)8-6-19-12-13-9-14(18)11-15(21)10-13/h9-11,19,21H,5-8,12H2,1-4H3. The SMILES string of the molecule is CCCN(CCNCc1cc(O)cc(F)c1)C(=O)OC(C)(C)C. The van der Waals surface area contributed by atoms with Gasteiger partial charge in [-0.25, -0.2) is 9.18 Å². The number of phenols is 1. The van der Waals surface area contributed by atoms with E-state index in [-0.39, 0.29) is 11.8 Å². The molecule has 2 N–H and O–H groups in total. The first-order valence-corrected chi connectivity index (χ1v) is 7.88. The highest BCUT2D eigenvalue weighted by Crippen LogP contribution is 2.14. The first-order chi connectivity index (χ1) is 10.7. The lowest BCUT2D eigenvalue weighted by atomic mass is 10.2. The van der Waals surface area contributed by atoms with Crippen molar-refractivity contribution in [1.29, 1.82) is 0 Å². The van der Waals surface area contributed by atoms with Crippen molar-refractivity contribution in [3.8, 4) is 5.75 Å². The number of amides is 1. The molecule has 1 aromatic rings. The van der Waals surface area contributed by atoms with E-state index in [0.717, 1.165) is 12.5 Å². The van der Waals surface area contributed by atoms with Gasteiger partial charge in [-0.15, -0.1) is 0 Å². The van der Waals surface area contributed by atoms with Gasteiger partial charge in [0.05, 0.1) is 0 Å². The molecule has 0 fully saturated rings. The minimum Gasteiger partial charge on any atom is -0.508 e. The Labute approximate surface area is 137 Å². The third-order valence-electron chi connectivity index (χ3n) is 2.98. The third-order valence-corrected chi connectivity index (χ3v) is 2.98. The second-order valence-electron chi connectivity index (χ2n) is 6.46. The molecule has 5 nitrogen and oxygen atoms in total. The van der Waals surface area contributed by atoms with E-state index in [0.29, 0.717) is 31.7 Å². The summed E-state index contributed by atoms with van der Waals surface area (Å²) < 4.78 is 18.5. The van der Waals surface area contributed by atoms with Gasteiger partial charge in [-0.3, -0.25) is 0 Å². The van der Waals surface area contributed by atoms with Crippen LogP contribution in [0, 0.1) is 5.82 Å². The second kappa shape index (κ2) is 8.72. The summed E-state index contributed by atoms with van der Waals surface area (Å²) in [7, 11) is 0. The first kappa shape index (κ1) is 19.2. The number of aromatic hydroxyl groups is 1. The van der Waals surface area contributed by atoms with Gasteiger partial charge >= 0.3 is 6.09 Å². The Hall–Kier alpha value is -1.82. The molecule has 0 saturated carbocycles. The van der Waals surface area contributed by atoms with Crippen LogP contribution in [-0.2, 0) is 11.3 Å². The van der Waals surface area contributed by atoms with Crippen molar-refractivity contribution >= 4 is 6.09 Å². The molecule has 0 bridgehead atoms. The molecule has 0 spiro atoms. The van der Waals surface area contributed by atoms with Crippen LogP contribution in [0.15, 0.2) is 18.2 Å². The monoisotopic (exact) mass is 326 g/mol. The lowest BCUT2D eigenvalue weighted by Crippen LogP contribution is -2.40. The van der Waals surface area contributed by atoms with Gasteiger partial charge in [-0.2, -0.15) is 0 Å². The molecule has 1 aromatic carbocycles. The fraction of sp³-hybridized carbons (Fsp3) is 0.588. The number of benzene rings is 1. The van der Waals surface area contributed by atoms with Crippen molar-refractivity contribution in [3.05, 3.63) is 29.6 Å². The molecule has 0 aliphatic rings. The van der Waals surface area contributed by atoms with Crippen molar-refractivity contribution in [2.24, 2.45) is 0 Å². The summed E-state index contributed by atoms with van der Waals surface area (Å²) >= 11 is 0. The van der Waals surface area contributed by atoms with E-state index in [1.54, 1.807) is 4.90 Å². The minimum atomic E-state index is -0.518. The Morgan fingerprint density at radius 2 is 2.00 bits per heavy atom. The average molecular weight is 326 g/mol. The van der Waals surface area contributed by atoms with Gasteiger partial charge in [-0.05, 0) is 44.9 Å². The molecule has 0 radical (unpaired) electrons. The molecule has 23 heavy (non-hydrogen) atoms. The Morgan fingerprint density at radius 1 is 1.30 bits per heavy atom. The highest BCUT2D eigenvalue weighted by molar-refractivity contribution is 5.68. The zero-order chi connectivity index (χ0) is 17.5. The largest absolute Gasteiger partial charge is 0.508 e. The predicted molar refractivity (Wildman–Crippen MR) is 87.9 cm³/mol. The van der Waals surface area contributed by atoms with Crippen LogP contribution in [-0.4, -0.2) is 41.3 Å². The number of hydrogen-bond donors (Lipinski definition) is 2. The van der Waals surface area contributed by atoms with E-state index in [4.69, 9.17) is 4.74 Å². The molecule has 0 aliphatic carbocycles. The summed E-state index contributed by atoms with van der Waals surface area (Å²) in [6.45, 7) is 9.61. The Bertz CT molecular complexity index is 495. The van der Waals surface area contributed by atoms with Gasteiger partial charge < -0.3 is 20.1 Å². The van der Waals surface area contributed by atoms with Crippen molar-refractivity contribution < 1.29 is 19.0 Å². The summed E-state index contributed by atoms with van der Waals surface area (Å²) in [5, 5.41) is 12.5. The van der Waals surface area contributed by atoms with E-state index in [1.807, 2.05) is 27.7 Å². The average Bonchev–Trinajstić information content (AvgIpc) is 2.39. The number of halogens is 1. The minimum absolute atomic E-state index is 0.0943. The highest BCUT2D eigenvalue weighted by Gasteiger charge is 2.21. The summed E-state index contributed by atoms with van der Waals surface area (Å²) in [6.07, 6.45) is 0.515. The fourth-order valence-corrected chi connectivity index (χ4v) is 2.07. The zero-order valence-corrected chi connectivity index (χ0v) is 14.4. The van der Waals surface area contributed by atoms with Crippen molar-refractivity contribution in [2.75, 3.05) is 19.6 Å². The predicted octanol–water partition coefficient (Wildman–Crippen LogP) is 3.27. The summed E-state index contributed by atoms with van der Waals surface area (Å²) in [6, 6.07) is 3.94. The van der Waals surface area contributed by atoms with Gasteiger partial charge in [0.15, 0.2) is 0 Å². The fourth-order valence-electron chi connectivity index (χ4n) is 2.07. The molecule has 0 saturated heterocycles. The van der Waals surface area contributed by atoms with Crippen LogP contribution in [0.4, 0.5) is 9.18 Å². The maximum absolute atomic E-state index is 13.2. The number of ether oxygens (including phenoxy) is 1. The number of carbonyl (C=O) groups is 1. The molecule has 6 heteroatoms. The first-order valence-electron chi connectivity index (χ1n) is 7.88. The van der Waals surface area contributed by atoms with E-state index < -0.39 is 11.4 Å². The normalized spacial score (nSPS) is 11.3. The van der Waals surface area contributed by atoms with Crippen LogP contribution in [0.2, 0.25) is 0 Å². The molecule has 1 amide bonds. The Kier molecular flexibility index (Phi) is 7.29. The number of rotatable bonds is 7. The molecular formula is C17H27FN2O3. The van der Waals surface area contributed by atoms with Crippen LogP contribution in [0.3, 0.4) is 0 Å². The number of nitrogens with one attached hydrogen (secondary N) is 1. The number of nitrogens with zero attached hydrogens (tertiary/aromatic N) is 1. The summed E-state index contributed by atoms with van der Waals surface area (Å²) in [5.41, 5.74) is 0.136.